The molecular formula is C13H14N2O2. The van der Waals surface area contributed by atoms with Gasteiger partial charge in [-0.15, -0.1) is 0 Å². The van der Waals surface area contributed by atoms with Gasteiger partial charge in [-0.25, -0.2) is 0 Å². The highest BCUT2D eigenvalue weighted by atomic mass is 16.3. The minimum absolute atomic E-state index is 0.0221. The quantitative estimate of drug-likeness (QED) is 0.874. The molecule has 0 unspecified atom stereocenters. The van der Waals surface area contributed by atoms with Crippen molar-refractivity contribution in [3.63, 3.8) is 0 Å². The Labute approximate surface area is 99.7 Å². The van der Waals surface area contributed by atoms with Crippen LogP contribution >= 0.6 is 0 Å². The SMILES string of the molecule is C[C@H](Cc1ccco1)NC(=O)c1cccnc1. The second kappa shape index (κ2) is 5.30. The van der Waals surface area contributed by atoms with E-state index in [2.05, 4.69) is 10.3 Å². The molecule has 0 aliphatic rings. The zero-order valence-corrected chi connectivity index (χ0v) is 9.59. The Balaban J connectivity index is 1.91. The van der Waals surface area contributed by atoms with E-state index in [1.807, 2.05) is 19.1 Å². The Morgan fingerprint density at radius 2 is 2.35 bits per heavy atom. The molecular weight excluding hydrogens is 216 g/mol. The number of rotatable bonds is 4. The maximum atomic E-state index is 11.8. The monoisotopic (exact) mass is 230 g/mol. The highest BCUT2D eigenvalue weighted by Crippen LogP contribution is 2.04. The average Bonchev–Trinajstić information content (AvgIpc) is 2.82. The lowest BCUT2D eigenvalue weighted by atomic mass is 10.2. The molecule has 0 aromatic carbocycles. The van der Waals surface area contributed by atoms with Crippen LogP contribution < -0.4 is 5.32 Å². The van der Waals surface area contributed by atoms with Gasteiger partial charge in [-0.1, -0.05) is 0 Å². The lowest BCUT2D eigenvalue weighted by Crippen LogP contribution is -2.34. The number of nitrogens with zero attached hydrogens (tertiary/aromatic N) is 1. The molecule has 0 saturated carbocycles. The zero-order chi connectivity index (χ0) is 12.1. The molecule has 2 rings (SSSR count). The lowest BCUT2D eigenvalue weighted by Gasteiger charge is -2.12. The summed E-state index contributed by atoms with van der Waals surface area (Å²) < 4.78 is 5.23. The van der Waals surface area contributed by atoms with Gasteiger partial charge in [0.25, 0.3) is 5.91 Å². The van der Waals surface area contributed by atoms with Gasteiger partial charge in [0.15, 0.2) is 0 Å². The van der Waals surface area contributed by atoms with Crippen molar-refractivity contribution >= 4 is 5.91 Å². The number of amides is 1. The molecule has 0 fully saturated rings. The fraction of sp³-hybridized carbons (Fsp3) is 0.231. The predicted molar refractivity (Wildman–Crippen MR) is 63.6 cm³/mol. The molecule has 2 heterocycles. The average molecular weight is 230 g/mol. The number of hydrogen-bond donors (Lipinski definition) is 1. The summed E-state index contributed by atoms with van der Waals surface area (Å²) >= 11 is 0. The molecule has 0 bridgehead atoms. The van der Waals surface area contributed by atoms with Crippen molar-refractivity contribution in [2.45, 2.75) is 19.4 Å². The summed E-state index contributed by atoms with van der Waals surface area (Å²) in [7, 11) is 0. The molecule has 1 atom stereocenters. The zero-order valence-electron chi connectivity index (χ0n) is 9.59. The molecule has 2 aromatic rings. The summed E-state index contributed by atoms with van der Waals surface area (Å²) in [6, 6.07) is 7.24. The molecule has 0 radical (unpaired) electrons. The highest BCUT2D eigenvalue weighted by Gasteiger charge is 2.11. The third-order valence-electron chi connectivity index (χ3n) is 2.39. The van der Waals surface area contributed by atoms with Gasteiger partial charge < -0.3 is 9.73 Å². The van der Waals surface area contributed by atoms with Gasteiger partial charge in [0.1, 0.15) is 5.76 Å². The lowest BCUT2D eigenvalue weighted by molar-refractivity contribution is 0.0939. The van der Waals surface area contributed by atoms with Gasteiger partial charge in [0.05, 0.1) is 11.8 Å². The van der Waals surface area contributed by atoms with E-state index in [0.717, 1.165) is 5.76 Å². The predicted octanol–water partition coefficient (Wildman–Crippen LogP) is 2.04. The smallest absolute Gasteiger partial charge is 0.253 e. The molecule has 88 valence electrons. The fourth-order valence-corrected chi connectivity index (χ4v) is 1.59. The summed E-state index contributed by atoms with van der Waals surface area (Å²) in [4.78, 5) is 15.7. The van der Waals surface area contributed by atoms with Gasteiger partial charge in [-0.3, -0.25) is 9.78 Å². The number of nitrogens with one attached hydrogen (secondary N) is 1. The molecule has 0 aliphatic heterocycles. The van der Waals surface area contributed by atoms with E-state index in [1.54, 1.807) is 30.8 Å². The third-order valence-corrected chi connectivity index (χ3v) is 2.39. The van der Waals surface area contributed by atoms with Crippen molar-refractivity contribution < 1.29 is 9.21 Å². The summed E-state index contributed by atoms with van der Waals surface area (Å²) in [5.41, 5.74) is 0.568. The van der Waals surface area contributed by atoms with Crippen LogP contribution in [0.25, 0.3) is 0 Å². The van der Waals surface area contributed by atoms with E-state index in [-0.39, 0.29) is 11.9 Å². The van der Waals surface area contributed by atoms with Crippen LogP contribution in [0.15, 0.2) is 47.3 Å². The Kier molecular flexibility index (Phi) is 3.55. The number of pyridine rings is 1. The number of carbonyl (C=O) groups is 1. The first-order valence-corrected chi connectivity index (χ1v) is 5.49. The van der Waals surface area contributed by atoms with Crippen molar-refractivity contribution in [2.24, 2.45) is 0 Å². The van der Waals surface area contributed by atoms with Crippen molar-refractivity contribution in [3.8, 4) is 0 Å². The molecule has 4 heteroatoms. The van der Waals surface area contributed by atoms with Crippen LogP contribution in [-0.2, 0) is 6.42 Å². The minimum Gasteiger partial charge on any atom is -0.469 e. The first-order chi connectivity index (χ1) is 8.25. The van der Waals surface area contributed by atoms with Crippen LogP contribution in [0.2, 0.25) is 0 Å². The summed E-state index contributed by atoms with van der Waals surface area (Å²) in [6.45, 7) is 1.94. The van der Waals surface area contributed by atoms with Crippen LogP contribution in [0.1, 0.15) is 23.0 Å². The number of aromatic nitrogens is 1. The van der Waals surface area contributed by atoms with Gasteiger partial charge in [-0.05, 0) is 31.2 Å². The van der Waals surface area contributed by atoms with Crippen LogP contribution in [0.3, 0.4) is 0 Å². The molecule has 1 N–H and O–H groups in total. The van der Waals surface area contributed by atoms with Gasteiger partial charge in [0, 0.05) is 24.9 Å². The van der Waals surface area contributed by atoms with Crippen LogP contribution in [-0.4, -0.2) is 16.9 Å². The standard InChI is InChI=1S/C13H14N2O2/c1-10(8-12-5-3-7-17-12)15-13(16)11-4-2-6-14-9-11/h2-7,9-10H,8H2,1H3,(H,15,16)/t10-/m1/s1. The molecule has 0 aliphatic carbocycles. The van der Waals surface area contributed by atoms with Crippen LogP contribution in [0.4, 0.5) is 0 Å². The highest BCUT2D eigenvalue weighted by molar-refractivity contribution is 5.93. The van der Waals surface area contributed by atoms with Gasteiger partial charge >= 0.3 is 0 Å². The summed E-state index contributed by atoms with van der Waals surface area (Å²) in [6.07, 6.45) is 5.50. The Morgan fingerprint density at radius 3 is 3.00 bits per heavy atom. The van der Waals surface area contributed by atoms with E-state index in [9.17, 15) is 4.79 Å². The Morgan fingerprint density at radius 1 is 1.47 bits per heavy atom. The van der Waals surface area contributed by atoms with Gasteiger partial charge in [-0.2, -0.15) is 0 Å². The van der Waals surface area contributed by atoms with E-state index in [0.29, 0.717) is 12.0 Å². The first kappa shape index (κ1) is 11.4. The Hall–Kier alpha value is -2.10. The maximum absolute atomic E-state index is 11.8. The summed E-state index contributed by atoms with van der Waals surface area (Å²) in [5.74, 6) is 0.751. The minimum atomic E-state index is -0.114. The molecule has 4 nitrogen and oxygen atoms in total. The second-order valence-corrected chi connectivity index (χ2v) is 3.90. The fourth-order valence-electron chi connectivity index (χ4n) is 1.59. The molecule has 0 saturated heterocycles. The normalized spacial score (nSPS) is 12.1. The van der Waals surface area contributed by atoms with Crippen LogP contribution in [0.5, 0.6) is 0 Å². The second-order valence-electron chi connectivity index (χ2n) is 3.90. The number of carbonyl (C=O) groups excluding carboxylic acids is 1. The molecule has 0 spiro atoms. The van der Waals surface area contributed by atoms with E-state index < -0.39 is 0 Å². The maximum Gasteiger partial charge on any atom is 0.253 e. The topological polar surface area (TPSA) is 55.1 Å². The van der Waals surface area contributed by atoms with E-state index in [1.165, 1.54) is 0 Å². The third kappa shape index (κ3) is 3.17. The van der Waals surface area contributed by atoms with Crippen molar-refractivity contribution in [1.82, 2.24) is 10.3 Å². The van der Waals surface area contributed by atoms with Crippen molar-refractivity contribution in [2.75, 3.05) is 0 Å². The largest absolute Gasteiger partial charge is 0.469 e. The molecule has 1 amide bonds. The van der Waals surface area contributed by atoms with E-state index in [4.69, 9.17) is 4.42 Å². The summed E-state index contributed by atoms with van der Waals surface area (Å²) in [5, 5.41) is 2.90. The van der Waals surface area contributed by atoms with Gasteiger partial charge in [0.2, 0.25) is 0 Å². The molecule has 2 aromatic heterocycles. The van der Waals surface area contributed by atoms with E-state index >= 15 is 0 Å². The molecule has 17 heavy (non-hydrogen) atoms. The number of hydrogen-bond acceptors (Lipinski definition) is 3. The first-order valence-electron chi connectivity index (χ1n) is 5.49. The van der Waals surface area contributed by atoms with Crippen LogP contribution in [0, 0.1) is 0 Å². The van der Waals surface area contributed by atoms with Crippen molar-refractivity contribution in [1.29, 1.82) is 0 Å². The Bertz CT molecular complexity index is 465. The number of furan rings is 1. The van der Waals surface area contributed by atoms with Crippen molar-refractivity contribution in [3.05, 3.63) is 54.2 Å².